The minimum Gasteiger partial charge on any atom is -0.481 e. The van der Waals surface area contributed by atoms with E-state index in [0.717, 1.165) is 6.07 Å². The lowest BCUT2D eigenvalue weighted by Crippen LogP contribution is -2.35. The summed E-state index contributed by atoms with van der Waals surface area (Å²) in [5, 5.41) is 8.77. The molecule has 0 aromatic heterocycles. The fourth-order valence-electron chi connectivity index (χ4n) is 2.63. The van der Waals surface area contributed by atoms with E-state index in [-0.39, 0.29) is 18.0 Å². The Kier molecular flexibility index (Phi) is 4.81. The second kappa shape index (κ2) is 6.25. The number of carboxylic acids is 1. The number of halogens is 4. The van der Waals surface area contributed by atoms with Crippen LogP contribution in [0.5, 0.6) is 0 Å². The van der Waals surface area contributed by atoms with Crippen LogP contribution in [-0.4, -0.2) is 24.2 Å². The molecular weight excluding hydrogens is 351 g/mol. The van der Waals surface area contributed by atoms with Crippen molar-refractivity contribution in [3.8, 4) is 0 Å². The van der Waals surface area contributed by atoms with E-state index in [1.807, 2.05) is 0 Å². The molecule has 0 aliphatic carbocycles. The number of nitrogens with zero attached hydrogens (tertiary/aromatic N) is 1. The molecule has 0 spiro atoms. The number of hydrogen-bond donors (Lipinski definition) is 1. The van der Waals surface area contributed by atoms with Crippen molar-refractivity contribution in [3.63, 3.8) is 0 Å². The summed E-state index contributed by atoms with van der Waals surface area (Å²) >= 11 is 3.20. The van der Waals surface area contributed by atoms with Crippen LogP contribution in [0.3, 0.4) is 0 Å². The van der Waals surface area contributed by atoms with E-state index in [4.69, 9.17) is 5.11 Å². The molecule has 21 heavy (non-hydrogen) atoms. The van der Waals surface area contributed by atoms with Crippen LogP contribution in [0.25, 0.3) is 0 Å². The fraction of sp³-hybridized carbons (Fsp3) is 0.500. The maximum Gasteiger partial charge on any atom is 0.418 e. The van der Waals surface area contributed by atoms with Gasteiger partial charge in [-0.15, -0.1) is 0 Å². The van der Waals surface area contributed by atoms with Crippen LogP contribution in [0.4, 0.5) is 18.9 Å². The molecule has 0 bridgehead atoms. The number of aliphatic carboxylic acids is 1. The van der Waals surface area contributed by atoms with Crippen LogP contribution in [-0.2, 0) is 11.0 Å². The Labute approximate surface area is 128 Å². The molecule has 1 aliphatic heterocycles. The van der Waals surface area contributed by atoms with Gasteiger partial charge in [-0.25, -0.2) is 0 Å². The number of rotatable bonds is 3. The van der Waals surface area contributed by atoms with Gasteiger partial charge in [0.25, 0.3) is 0 Å². The number of alkyl halides is 3. The second-order valence-electron chi connectivity index (χ2n) is 5.19. The molecule has 2 rings (SSSR count). The summed E-state index contributed by atoms with van der Waals surface area (Å²) in [5.41, 5.74) is -0.493. The number of carbonyl (C=O) groups is 1. The molecule has 1 aromatic rings. The van der Waals surface area contributed by atoms with Crippen molar-refractivity contribution in [1.29, 1.82) is 0 Å². The molecule has 116 valence electrons. The van der Waals surface area contributed by atoms with Gasteiger partial charge in [-0.1, -0.05) is 15.9 Å². The van der Waals surface area contributed by atoms with Crippen LogP contribution in [0.2, 0.25) is 0 Å². The molecule has 1 fully saturated rings. The fourth-order valence-corrected chi connectivity index (χ4v) is 2.98. The molecule has 0 saturated carbocycles. The molecule has 7 heteroatoms. The smallest absolute Gasteiger partial charge is 0.418 e. The Hall–Kier alpha value is -1.24. The molecule has 1 N–H and O–H groups in total. The van der Waals surface area contributed by atoms with Crippen LogP contribution >= 0.6 is 15.9 Å². The molecule has 0 unspecified atom stereocenters. The first-order valence-corrected chi connectivity index (χ1v) is 7.40. The van der Waals surface area contributed by atoms with Gasteiger partial charge in [0, 0.05) is 24.0 Å². The largest absolute Gasteiger partial charge is 0.481 e. The first-order chi connectivity index (χ1) is 9.77. The van der Waals surface area contributed by atoms with Crippen molar-refractivity contribution in [3.05, 3.63) is 28.2 Å². The first kappa shape index (κ1) is 16.1. The van der Waals surface area contributed by atoms with Gasteiger partial charge >= 0.3 is 12.1 Å². The molecule has 1 heterocycles. The van der Waals surface area contributed by atoms with E-state index in [9.17, 15) is 18.0 Å². The first-order valence-electron chi connectivity index (χ1n) is 6.61. The highest BCUT2D eigenvalue weighted by molar-refractivity contribution is 9.10. The van der Waals surface area contributed by atoms with E-state index in [1.165, 1.54) is 12.1 Å². The van der Waals surface area contributed by atoms with Crippen molar-refractivity contribution >= 4 is 27.6 Å². The van der Waals surface area contributed by atoms with E-state index < -0.39 is 17.7 Å². The molecule has 1 aliphatic rings. The normalized spacial score (nSPS) is 17.0. The van der Waals surface area contributed by atoms with Gasteiger partial charge in [0.05, 0.1) is 11.3 Å². The minimum atomic E-state index is -4.39. The van der Waals surface area contributed by atoms with E-state index in [0.29, 0.717) is 30.4 Å². The molecular formula is C14H15BrF3NO2. The highest BCUT2D eigenvalue weighted by Crippen LogP contribution is 2.39. The van der Waals surface area contributed by atoms with Crippen molar-refractivity contribution < 1.29 is 23.1 Å². The summed E-state index contributed by atoms with van der Waals surface area (Å²) in [6, 6.07) is 3.92. The number of carboxylic acid groups (broad SMARTS) is 1. The van der Waals surface area contributed by atoms with Crippen LogP contribution in [0, 0.1) is 5.92 Å². The Bertz CT molecular complexity index is 525. The molecule has 1 saturated heterocycles. The summed E-state index contributed by atoms with van der Waals surface area (Å²) in [4.78, 5) is 12.4. The van der Waals surface area contributed by atoms with Gasteiger partial charge in [-0.05, 0) is 37.0 Å². The van der Waals surface area contributed by atoms with E-state index in [1.54, 1.807) is 4.90 Å². The quantitative estimate of drug-likeness (QED) is 0.874. The predicted molar refractivity (Wildman–Crippen MR) is 76.3 cm³/mol. The average Bonchev–Trinajstić information content (AvgIpc) is 2.37. The Morgan fingerprint density at radius 2 is 1.95 bits per heavy atom. The summed E-state index contributed by atoms with van der Waals surface area (Å²) in [5.74, 6) is -0.813. The molecule has 0 atom stereocenters. The van der Waals surface area contributed by atoms with Gasteiger partial charge in [-0.3, -0.25) is 4.79 Å². The van der Waals surface area contributed by atoms with Gasteiger partial charge in [0.15, 0.2) is 0 Å². The Morgan fingerprint density at radius 3 is 2.48 bits per heavy atom. The highest BCUT2D eigenvalue weighted by Gasteiger charge is 2.35. The zero-order valence-electron chi connectivity index (χ0n) is 11.2. The van der Waals surface area contributed by atoms with Gasteiger partial charge < -0.3 is 10.0 Å². The maximum atomic E-state index is 13.1. The predicted octanol–water partition coefficient (Wildman–Crippen LogP) is 4.16. The van der Waals surface area contributed by atoms with E-state index >= 15 is 0 Å². The third kappa shape index (κ3) is 4.12. The van der Waals surface area contributed by atoms with Crippen LogP contribution < -0.4 is 4.90 Å². The van der Waals surface area contributed by atoms with E-state index in [2.05, 4.69) is 15.9 Å². The van der Waals surface area contributed by atoms with Crippen molar-refractivity contribution in [1.82, 2.24) is 0 Å². The number of benzene rings is 1. The maximum absolute atomic E-state index is 13.1. The third-order valence-corrected chi connectivity index (χ3v) is 4.18. The topological polar surface area (TPSA) is 40.5 Å². The number of hydrogen-bond acceptors (Lipinski definition) is 2. The van der Waals surface area contributed by atoms with Crippen LogP contribution in [0.1, 0.15) is 24.8 Å². The van der Waals surface area contributed by atoms with Crippen LogP contribution in [0.15, 0.2) is 22.7 Å². The SMILES string of the molecule is O=C(O)CC1CCN(c2cc(Br)ccc2C(F)(F)F)CC1. The zero-order valence-corrected chi connectivity index (χ0v) is 12.7. The molecule has 0 amide bonds. The lowest BCUT2D eigenvalue weighted by atomic mass is 9.93. The van der Waals surface area contributed by atoms with Crippen molar-refractivity contribution in [2.75, 3.05) is 18.0 Å². The number of anilines is 1. The molecule has 3 nitrogen and oxygen atoms in total. The average molecular weight is 366 g/mol. The van der Waals surface area contributed by atoms with Gasteiger partial charge in [-0.2, -0.15) is 13.2 Å². The number of piperidine rings is 1. The monoisotopic (exact) mass is 365 g/mol. The van der Waals surface area contributed by atoms with Gasteiger partial charge in [0.2, 0.25) is 0 Å². The summed E-state index contributed by atoms with van der Waals surface area (Å²) in [6.07, 6.45) is -3.13. The highest BCUT2D eigenvalue weighted by atomic mass is 79.9. The lowest BCUT2D eigenvalue weighted by molar-refractivity contribution is -0.138. The van der Waals surface area contributed by atoms with Crippen molar-refractivity contribution in [2.24, 2.45) is 5.92 Å². The lowest BCUT2D eigenvalue weighted by Gasteiger charge is -2.34. The minimum absolute atomic E-state index is 0.0419. The van der Waals surface area contributed by atoms with Crippen molar-refractivity contribution in [2.45, 2.75) is 25.4 Å². The Balaban J connectivity index is 2.16. The standard InChI is InChI=1S/C14H15BrF3NO2/c15-10-1-2-11(14(16,17)18)12(8-10)19-5-3-9(4-6-19)7-13(20)21/h1-2,8-9H,3-7H2,(H,20,21). The summed E-state index contributed by atoms with van der Waals surface area (Å²) in [6.45, 7) is 0.884. The molecule has 1 aromatic carbocycles. The summed E-state index contributed by atoms with van der Waals surface area (Å²) < 4.78 is 39.8. The Morgan fingerprint density at radius 1 is 1.33 bits per heavy atom. The summed E-state index contributed by atoms with van der Waals surface area (Å²) in [7, 11) is 0. The molecule has 0 radical (unpaired) electrons. The zero-order chi connectivity index (χ0) is 15.6. The second-order valence-corrected chi connectivity index (χ2v) is 6.10. The van der Waals surface area contributed by atoms with Gasteiger partial charge in [0.1, 0.15) is 0 Å². The third-order valence-electron chi connectivity index (χ3n) is 3.68.